The van der Waals surface area contributed by atoms with E-state index in [0.29, 0.717) is 23.2 Å². The van der Waals surface area contributed by atoms with Crippen molar-refractivity contribution in [1.82, 2.24) is 15.2 Å². The van der Waals surface area contributed by atoms with E-state index in [1.807, 2.05) is 19.0 Å². The number of nitrogens with one attached hydrogen (secondary N) is 2. The van der Waals surface area contributed by atoms with Gasteiger partial charge in [0.1, 0.15) is 22.8 Å². The lowest BCUT2D eigenvalue weighted by molar-refractivity contribution is 0.0945. The smallest absolute Gasteiger partial charge is 0.270 e. The molecule has 2 rings (SSSR count). The molecule has 0 aliphatic carbocycles. The van der Waals surface area contributed by atoms with Crippen LogP contribution in [0.15, 0.2) is 23.6 Å². The number of hydrogen-bond acceptors (Lipinski definition) is 7. The maximum Gasteiger partial charge on any atom is 0.270 e. The highest BCUT2D eigenvalue weighted by atomic mass is 32.1. The maximum atomic E-state index is 12.6. The molecule has 26 heavy (non-hydrogen) atoms. The van der Waals surface area contributed by atoms with E-state index in [1.165, 1.54) is 25.6 Å². The van der Waals surface area contributed by atoms with Gasteiger partial charge >= 0.3 is 0 Å². The van der Waals surface area contributed by atoms with Gasteiger partial charge in [0, 0.05) is 18.5 Å². The fraction of sp³-hybridized carbons (Fsp3) is 0.353. The van der Waals surface area contributed by atoms with Crippen LogP contribution in [-0.4, -0.2) is 63.1 Å². The van der Waals surface area contributed by atoms with Crippen molar-refractivity contribution >= 4 is 28.3 Å². The summed E-state index contributed by atoms with van der Waals surface area (Å²) in [5.74, 6) is 0.0757. The molecule has 0 saturated heterocycles. The highest BCUT2D eigenvalue weighted by molar-refractivity contribution is 7.14. The Morgan fingerprint density at radius 1 is 1.15 bits per heavy atom. The molecule has 1 aromatic heterocycles. The summed E-state index contributed by atoms with van der Waals surface area (Å²) in [6.45, 7) is 1.25. The number of thiazole rings is 1. The molecule has 9 heteroatoms. The number of nitrogens with zero attached hydrogens (tertiary/aromatic N) is 2. The second-order valence-corrected chi connectivity index (χ2v) is 6.45. The molecule has 1 heterocycles. The molecule has 0 radical (unpaired) electrons. The number of amides is 2. The summed E-state index contributed by atoms with van der Waals surface area (Å²) in [5.41, 5.74) is 0.528. The van der Waals surface area contributed by atoms with E-state index >= 15 is 0 Å². The van der Waals surface area contributed by atoms with Crippen LogP contribution in [0.4, 0.5) is 5.13 Å². The third kappa shape index (κ3) is 4.93. The van der Waals surface area contributed by atoms with Crippen LogP contribution < -0.4 is 20.1 Å². The Balaban J connectivity index is 2.07. The molecular formula is C17H22N4O4S. The van der Waals surface area contributed by atoms with Gasteiger partial charge in [0.2, 0.25) is 0 Å². The lowest BCUT2D eigenvalue weighted by Crippen LogP contribution is -2.31. The Morgan fingerprint density at radius 2 is 1.81 bits per heavy atom. The minimum absolute atomic E-state index is 0.260. The zero-order chi connectivity index (χ0) is 19.1. The number of carbonyl (C=O) groups excluding carboxylic acids is 2. The SMILES string of the molecule is COc1cccc(OC)c1C(=O)Nc1nc(C(=O)NCCN(C)C)cs1. The molecule has 0 atom stereocenters. The number of likely N-dealkylation sites (N-methyl/N-ethyl adjacent to an activating group) is 1. The Hall–Kier alpha value is -2.65. The van der Waals surface area contributed by atoms with E-state index < -0.39 is 5.91 Å². The van der Waals surface area contributed by atoms with Gasteiger partial charge in [-0.15, -0.1) is 11.3 Å². The molecule has 2 N–H and O–H groups in total. The average molecular weight is 378 g/mol. The van der Waals surface area contributed by atoms with Crippen LogP contribution in [0.3, 0.4) is 0 Å². The molecule has 2 amide bonds. The number of rotatable bonds is 8. The quantitative estimate of drug-likeness (QED) is 0.726. The number of hydrogen-bond donors (Lipinski definition) is 2. The van der Waals surface area contributed by atoms with Crippen LogP contribution in [0.5, 0.6) is 11.5 Å². The first-order valence-corrected chi connectivity index (χ1v) is 8.75. The van der Waals surface area contributed by atoms with Crippen molar-refractivity contribution in [2.75, 3.05) is 46.7 Å². The van der Waals surface area contributed by atoms with Crippen molar-refractivity contribution in [2.24, 2.45) is 0 Å². The lowest BCUT2D eigenvalue weighted by atomic mass is 10.1. The van der Waals surface area contributed by atoms with Crippen LogP contribution in [0.2, 0.25) is 0 Å². The second-order valence-electron chi connectivity index (χ2n) is 5.59. The summed E-state index contributed by atoms with van der Waals surface area (Å²) >= 11 is 1.17. The van der Waals surface area contributed by atoms with Gasteiger partial charge in [0.25, 0.3) is 11.8 Å². The molecule has 0 bridgehead atoms. The first kappa shape index (κ1) is 19.7. The largest absolute Gasteiger partial charge is 0.496 e. The summed E-state index contributed by atoms with van der Waals surface area (Å²) in [6, 6.07) is 5.07. The van der Waals surface area contributed by atoms with Crippen molar-refractivity contribution in [1.29, 1.82) is 0 Å². The second kappa shape index (κ2) is 9.16. The summed E-state index contributed by atoms with van der Waals surface area (Å²) in [4.78, 5) is 30.8. The van der Waals surface area contributed by atoms with Crippen molar-refractivity contribution in [3.8, 4) is 11.5 Å². The summed E-state index contributed by atoms with van der Waals surface area (Å²) in [6.07, 6.45) is 0. The number of anilines is 1. The van der Waals surface area contributed by atoms with Gasteiger partial charge in [0.15, 0.2) is 5.13 Å². The van der Waals surface area contributed by atoms with Crippen molar-refractivity contribution in [2.45, 2.75) is 0 Å². The van der Waals surface area contributed by atoms with Gasteiger partial charge in [-0.2, -0.15) is 0 Å². The Kier molecular flexibility index (Phi) is 6.93. The zero-order valence-electron chi connectivity index (χ0n) is 15.2. The van der Waals surface area contributed by atoms with Crippen LogP contribution in [0, 0.1) is 0 Å². The van der Waals surface area contributed by atoms with Crippen molar-refractivity contribution in [3.05, 3.63) is 34.8 Å². The Bertz CT molecular complexity index is 754. The van der Waals surface area contributed by atoms with Crippen LogP contribution in [-0.2, 0) is 0 Å². The monoisotopic (exact) mass is 378 g/mol. The number of aromatic nitrogens is 1. The van der Waals surface area contributed by atoms with E-state index in [2.05, 4.69) is 15.6 Å². The van der Waals surface area contributed by atoms with Gasteiger partial charge in [-0.25, -0.2) is 4.98 Å². The molecular weight excluding hydrogens is 356 g/mol. The molecule has 0 aliphatic rings. The molecule has 1 aromatic carbocycles. The molecule has 8 nitrogen and oxygen atoms in total. The molecule has 2 aromatic rings. The molecule has 0 saturated carbocycles. The molecule has 0 aliphatic heterocycles. The molecule has 0 unspecified atom stereocenters. The van der Waals surface area contributed by atoms with E-state index in [0.717, 1.165) is 6.54 Å². The van der Waals surface area contributed by atoms with Crippen molar-refractivity contribution < 1.29 is 19.1 Å². The fourth-order valence-corrected chi connectivity index (χ4v) is 2.84. The Morgan fingerprint density at radius 3 is 2.38 bits per heavy atom. The highest BCUT2D eigenvalue weighted by Crippen LogP contribution is 2.29. The van der Waals surface area contributed by atoms with Gasteiger partial charge in [-0.1, -0.05) is 6.07 Å². The van der Waals surface area contributed by atoms with Crippen LogP contribution in [0.1, 0.15) is 20.8 Å². The number of carbonyl (C=O) groups is 2. The number of benzene rings is 1. The minimum Gasteiger partial charge on any atom is -0.496 e. The maximum absolute atomic E-state index is 12.6. The Labute approximate surface area is 156 Å². The lowest BCUT2D eigenvalue weighted by Gasteiger charge is -2.11. The molecule has 0 fully saturated rings. The highest BCUT2D eigenvalue weighted by Gasteiger charge is 2.20. The normalized spacial score (nSPS) is 10.5. The number of methoxy groups -OCH3 is 2. The van der Waals surface area contributed by atoms with E-state index in [1.54, 1.807) is 23.6 Å². The van der Waals surface area contributed by atoms with Crippen molar-refractivity contribution in [3.63, 3.8) is 0 Å². The topological polar surface area (TPSA) is 92.8 Å². The van der Waals surface area contributed by atoms with Crippen LogP contribution >= 0.6 is 11.3 Å². The minimum atomic E-state index is -0.423. The predicted octanol–water partition coefficient (Wildman–Crippen LogP) is 1.70. The molecule has 0 spiro atoms. The molecule has 140 valence electrons. The first-order valence-electron chi connectivity index (χ1n) is 7.87. The third-order valence-corrected chi connectivity index (χ3v) is 4.21. The predicted molar refractivity (Wildman–Crippen MR) is 101 cm³/mol. The van der Waals surface area contributed by atoms with Gasteiger partial charge in [0.05, 0.1) is 14.2 Å². The van der Waals surface area contributed by atoms with E-state index in [9.17, 15) is 9.59 Å². The van der Waals surface area contributed by atoms with Gasteiger partial charge in [-0.3, -0.25) is 14.9 Å². The van der Waals surface area contributed by atoms with E-state index in [-0.39, 0.29) is 17.2 Å². The summed E-state index contributed by atoms with van der Waals surface area (Å²) in [7, 11) is 6.81. The summed E-state index contributed by atoms with van der Waals surface area (Å²) in [5, 5.41) is 7.37. The van der Waals surface area contributed by atoms with Crippen LogP contribution in [0.25, 0.3) is 0 Å². The standard InChI is InChI=1S/C17H22N4O4S/c1-21(2)9-8-18-15(22)11-10-26-17(19-11)20-16(23)14-12(24-3)6-5-7-13(14)25-4/h5-7,10H,8-9H2,1-4H3,(H,18,22)(H,19,20,23). The first-order chi connectivity index (χ1) is 12.5. The number of ether oxygens (including phenoxy) is 2. The fourth-order valence-electron chi connectivity index (χ4n) is 2.15. The third-order valence-electron chi connectivity index (χ3n) is 3.46. The zero-order valence-corrected chi connectivity index (χ0v) is 16.0. The summed E-state index contributed by atoms with van der Waals surface area (Å²) < 4.78 is 10.5. The average Bonchev–Trinajstić information content (AvgIpc) is 3.08. The van der Waals surface area contributed by atoms with E-state index in [4.69, 9.17) is 9.47 Å². The van der Waals surface area contributed by atoms with Gasteiger partial charge < -0.3 is 19.7 Å². The van der Waals surface area contributed by atoms with Gasteiger partial charge in [-0.05, 0) is 26.2 Å².